The van der Waals surface area contributed by atoms with Gasteiger partial charge in [-0.3, -0.25) is 4.79 Å². The molecule has 1 aromatic heterocycles. The van der Waals surface area contributed by atoms with E-state index in [2.05, 4.69) is 14.9 Å². The minimum absolute atomic E-state index is 0.0231. The maximum atomic E-state index is 12.8. The number of piperazine rings is 1. The number of thiophene rings is 1. The zero-order valence-corrected chi connectivity index (χ0v) is 14.0. The quantitative estimate of drug-likeness (QED) is 0.589. The standard InChI is InChI=1S/C15H14F3N3O3S/c1-9(22)20-4-6-21(7-5-20)12-3-2-10(25-12)8-11-13(15(16,17)18)19-24-14(11)23/h2-3,8H,4-7H2,1H3/b11-8+. The summed E-state index contributed by atoms with van der Waals surface area (Å²) in [6, 6.07) is 3.43. The van der Waals surface area contributed by atoms with Crippen LogP contribution in [0.2, 0.25) is 0 Å². The van der Waals surface area contributed by atoms with Gasteiger partial charge in [-0.15, -0.1) is 11.3 Å². The Labute approximate surface area is 145 Å². The molecule has 0 aromatic carbocycles. The number of hydrogen-bond acceptors (Lipinski definition) is 6. The van der Waals surface area contributed by atoms with E-state index in [1.54, 1.807) is 17.0 Å². The van der Waals surface area contributed by atoms with Gasteiger partial charge in [0, 0.05) is 38.0 Å². The van der Waals surface area contributed by atoms with Crippen LogP contribution in [0.3, 0.4) is 0 Å². The highest BCUT2D eigenvalue weighted by atomic mass is 32.1. The summed E-state index contributed by atoms with van der Waals surface area (Å²) in [7, 11) is 0. The highest BCUT2D eigenvalue weighted by Crippen LogP contribution is 2.32. The summed E-state index contributed by atoms with van der Waals surface area (Å²) in [6.07, 6.45) is -3.61. The SMILES string of the molecule is CC(=O)N1CCN(c2ccc(/C=C3/C(=O)ON=C3C(F)(F)F)s2)CC1. The molecule has 1 fully saturated rings. The molecular formula is C15H14F3N3O3S. The molecule has 3 rings (SSSR count). The second-order valence-corrected chi connectivity index (χ2v) is 6.64. The molecule has 25 heavy (non-hydrogen) atoms. The van der Waals surface area contributed by atoms with Gasteiger partial charge in [0.2, 0.25) is 5.91 Å². The molecule has 2 aliphatic heterocycles. The first-order chi connectivity index (χ1) is 11.8. The first-order valence-electron chi connectivity index (χ1n) is 7.44. The second-order valence-electron chi connectivity index (χ2n) is 5.54. The number of oxime groups is 1. The largest absolute Gasteiger partial charge is 0.437 e. The van der Waals surface area contributed by atoms with Crippen LogP contribution < -0.4 is 4.90 Å². The molecule has 0 unspecified atom stereocenters. The van der Waals surface area contributed by atoms with Crippen LogP contribution in [0.1, 0.15) is 11.8 Å². The van der Waals surface area contributed by atoms with Gasteiger partial charge < -0.3 is 14.6 Å². The molecule has 0 atom stereocenters. The van der Waals surface area contributed by atoms with Crippen LogP contribution in [0.15, 0.2) is 22.9 Å². The van der Waals surface area contributed by atoms with Gasteiger partial charge >= 0.3 is 12.1 Å². The topological polar surface area (TPSA) is 62.2 Å². The van der Waals surface area contributed by atoms with Crippen molar-refractivity contribution >= 4 is 40.0 Å². The van der Waals surface area contributed by atoms with Crippen LogP contribution in [0, 0.1) is 0 Å². The minimum atomic E-state index is -4.75. The molecule has 10 heteroatoms. The zero-order chi connectivity index (χ0) is 18.2. The number of alkyl halides is 3. The van der Waals surface area contributed by atoms with Crippen molar-refractivity contribution in [2.24, 2.45) is 5.16 Å². The van der Waals surface area contributed by atoms with Crippen LogP contribution in [0.25, 0.3) is 6.08 Å². The number of halogens is 3. The van der Waals surface area contributed by atoms with E-state index >= 15 is 0 Å². The van der Waals surface area contributed by atoms with Crippen LogP contribution in [-0.4, -0.2) is 54.8 Å². The third kappa shape index (κ3) is 3.68. The maximum Gasteiger partial charge on any atom is 0.437 e. The third-order valence-corrected chi connectivity index (χ3v) is 4.99. The van der Waals surface area contributed by atoms with Gasteiger partial charge in [-0.05, 0) is 18.2 Å². The molecule has 2 aliphatic rings. The summed E-state index contributed by atoms with van der Waals surface area (Å²) < 4.78 is 38.5. The Kier molecular flexibility index (Phi) is 4.55. The molecule has 3 heterocycles. The monoisotopic (exact) mass is 373 g/mol. The summed E-state index contributed by atoms with van der Waals surface area (Å²) in [6.45, 7) is 4.01. The van der Waals surface area contributed by atoms with Gasteiger partial charge in [0.1, 0.15) is 0 Å². The molecule has 0 spiro atoms. The average Bonchev–Trinajstić information content (AvgIpc) is 3.15. The van der Waals surface area contributed by atoms with Crippen LogP contribution in [-0.2, 0) is 14.4 Å². The van der Waals surface area contributed by atoms with Crippen LogP contribution >= 0.6 is 11.3 Å². The van der Waals surface area contributed by atoms with Crippen molar-refractivity contribution < 1.29 is 27.6 Å². The molecule has 1 aromatic rings. The Hall–Kier alpha value is -2.36. The molecule has 0 aliphatic carbocycles. The summed E-state index contributed by atoms with van der Waals surface area (Å²) in [5, 5.41) is 3.69. The number of nitrogens with zero attached hydrogens (tertiary/aromatic N) is 3. The van der Waals surface area contributed by atoms with Crippen molar-refractivity contribution in [3.63, 3.8) is 0 Å². The number of amides is 1. The molecule has 6 nitrogen and oxygen atoms in total. The number of anilines is 1. The van der Waals surface area contributed by atoms with Crippen molar-refractivity contribution in [2.75, 3.05) is 31.1 Å². The summed E-state index contributed by atoms with van der Waals surface area (Å²) in [4.78, 5) is 31.3. The molecule has 0 radical (unpaired) electrons. The average molecular weight is 373 g/mol. The Morgan fingerprint density at radius 2 is 1.96 bits per heavy atom. The molecule has 1 amide bonds. The fraction of sp³-hybridized carbons (Fsp3) is 0.400. The Morgan fingerprint density at radius 1 is 1.28 bits per heavy atom. The van der Waals surface area contributed by atoms with E-state index in [1.165, 1.54) is 18.3 Å². The van der Waals surface area contributed by atoms with Gasteiger partial charge in [0.25, 0.3) is 0 Å². The highest BCUT2D eigenvalue weighted by Gasteiger charge is 2.45. The predicted molar refractivity (Wildman–Crippen MR) is 86.3 cm³/mol. The van der Waals surface area contributed by atoms with Crippen molar-refractivity contribution in [1.82, 2.24) is 4.90 Å². The molecule has 0 saturated carbocycles. The summed E-state index contributed by atoms with van der Waals surface area (Å²) in [5.74, 6) is -1.09. The number of rotatable bonds is 2. The number of carbonyl (C=O) groups excluding carboxylic acids is 2. The maximum absolute atomic E-state index is 12.8. The lowest BCUT2D eigenvalue weighted by molar-refractivity contribution is -0.136. The Balaban J connectivity index is 1.75. The van der Waals surface area contributed by atoms with Gasteiger partial charge in [-0.2, -0.15) is 13.2 Å². The van der Waals surface area contributed by atoms with Crippen LogP contribution in [0.4, 0.5) is 18.2 Å². The lowest BCUT2D eigenvalue weighted by Gasteiger charge is -2.34. The molecule has 0 bridgehead atoms. The van der Waals surface area contributed by atoms with E-state index in [0.29, 0.717) is 31.1 Å². The third-order valence-electron chi connectivity index (χ3n) is 3.90. The smallest absolute Gasteiger partial charge is 0.360 e. The van der Waals surface area contributed by atoms with E-state index < -0.39 is 23.4 Å². The minimum Gasteiger partial charge on any atom is -0.360 e. The first kappa shape index (κ1) is 17.5. The van der Waals surface area contributed by atoms with Gasteiger partial charge in [0.15, 0.2) is 5.71 Å². The number of carbonyl (C=O) groups is 2. The van der Waals surface area contributed by atoms with Crippen molar-refractivity contribution in [3.8, 4) is 0 Å². The zero-order valence-electron chi connectivity index (χ0n) is 13.2. The lowest BCUT2D eigenvalue weighted by atomic mass is 10.1. The van der Waals surface area contributed by atoms with E-state index in [1.807, 2.05) is 0 Å². The van der Waals surface area contributed by atoms with E-state index in [4.69, 9.17) is 0 Å². The Morgan fingerprint density at radius 3 is 2.56 bits per heavy atom. The summed E-state index contributed by atoms with van der Waals surface area (Å²) >= 11 is 1.27. The second kappa shape index (κ2) is 6.51. The molecule has 0 N–H and O–H groups in total. The van der Waals surface area contributed by atoms with E-state index in [0.717, 1.165) is 11.1 Å². The van der Waals surface area contributed by atoms with Crippen molar-refractivity contribution in [3.05, 3.63) is 22.6 Å². The van der Waals surface area contributed by atoms with E-state index in [9.17, 15) is 22.8 Å². The Bertz CT molecular complexity index is 762. The van der Waals surface area contributed by atoms with E-state index in [-0.39, 0.29) is 5.91 Å². The normalized spacial score (nSPS) is 20.1. The lowest BCUT2D eigenvalue weighted by Crippen LogP contribution is -2.47. The fourth-order valence-corrected chi connectivity index (χ4v) is 3.59. The van der Waals surface area contributed by atoms with Crippen molar-refractivity contribution in [1.29, 1.82) is 0 Å². The molecular weight excluding hydrogens is 359 g/mol. The van der Waals surface area contributed by atoms with Crippen LogP contribution in [0.5, 0.6) is 0 Å². The number of hydrogen-bond donors (Lipinski definition) is 0. The predicted octanol–water partition coefficient (Wildman–Crippen LogP) is 2.28. The first-order valence-corrected chi connectivity index (χ1v) is 8.26. The van der Waals surface area contributed by atoms with Gasteiger partial charge in [-0.1, -0.05) is 5.16 Å². The molecule has 1 saturated heterocycles. The van der Waals surface area contributed by atoms with Gasteiger partial charge in [0.05, 0.1) is 10.6 Å². The van der Waals surface area contributed by atoms with Gasteiger partial charge in [-0.25, -0.2) is 4.79 Å². The molecule has 134 valence electrons. The summed E-state index contributed by atoms with van der Waals surface area (Å²) in [5.41, 5.74) is -1.91. The highest BCUT2D eigenvalue weighted by molar-refractivity contribution is 7.17. The van der Waals surface area contributed by atoms with Crippen molar-refractivity contribution in [2.45, 2.75) is 13.1 Å². The fourth-order valence-electron chi connectivity index (χ4n) is 2.59.